The van der Waals surface area contributed by atoms with E-state index >= 15 is 0 Å². The zero-order valence-corrected chi connectivity index (χ0v) is 11.4. The Morgan fingerprint density at radius 1 is 1.58 bits per heavy atom. The summed E-state index contributed by atoms with van der Waals surface area (Å²) in [6.45, 7) is 1.44. The summed E-state index contributed by atoms with van der Waals surface area (Å²) >= 11 is 0. The van der Waals surface area contributed by atoms with Gasteiger partial charge in [0, 0.05) is 25.6 Å². The molecule has 1 rings (SSSR count). The predicted molar refractivity (Wildman–Crippen MR) is 71.7 cm³/mol. The first-order chi connectivity index (χ1) is 8.95. The zero-order valence-electron chi connectivity index (χ0n) is 11.4. The fraction of sp³-hybridized carbons (Fsp3) is 0.692. The molecule has 0 aliphatic carbocycles. The minimum atomic E-state index is -1.10. The van der Waals surface area contributed by atoms with E-state index in [9.17, 15) is 9.59 Å². The van der Waals surface area contributed by atoms with Crippen LogP contribution in [0.25, 0.3) is 0 Å². The number of hydrogen-bond acceptors (Lipinski definition) is 3. The Bertz CT molecular complexity index is 376. The lowest BCUT2D eigenvalue weighted by Gasteiger charge is -2.28. The van der Waals surface area contributed by atoms with Crippen molar-refractivity contribution >= 4 is 12.0 Å². The first-order valence-electron chi connectivity index (χ1n) is 6.33. The van der Waals surface area contributed by atoms with E-state index in [0.717, 1.165) is 19.4 Å². The van der Waals surface area contributed by atoms with E-state index in [2.05, 4.69) is 11.2 Å². The van der Waals surface area contributed by atoms with E-state index in [-0.39, 0.29) is 18.5 Å². The van der Waals surface area contributed by atoms with Gasteiger partial charge in [-0.15, -0.1) is 12.3 Å². The predicted octanol–water partition coefficient (Wildman–Crippen LogP) is 0.199. The highest BCUT2D eigenvalue weighted by atomic mass is 16.4. The third-order valence-electron chi connectivity index (χ3n) is 3.13. The van der Waals surface area contributed by atoms with Crippen molar-refractivity contribution < 1.29 is 14.7 Å². The molecule has 2 unspecified atom stereocenters. The van der Waals surface area contributed by atoms with Crippen LogP contribution >= 0.6 is 0 Å². The lowest BCUT2D eigenvalue weighted by atomic mass is 10.2. The summed E-state index contributed by atoms with van der Waals surface area (Å²) in [4.78, 5) is 26.8. The molecular formula is C13H21N3O3. The van der Waals surface area contributed by atoms with Crippen LogP contribution in [0, 0.1) is 12.3 Å². The number of rotatable bonds is 5. The molecule has 0 spiro atoms. The molecule has 2 atom stereocenters. The first kappa shape index (κ1) is 15.3. The Morgan fingerprint density at radius 2 is 2.26 bits per heavy atom. The smallest absolute Gasteiger partial charge is 0.327 e. The van der Waals surface area contributed by atoms with Gasteiger partial charge < -0.3 is 20.2 Å². The van der Waals surface area contributed by atoms with E-state index in [4.69, 9.17) is 11.5 Å². The number of terminal acetylenes is 1. The summed E-state index contributed by atoms with van der Waals surface area (Å²) in [5.41, 5.74) is 0. The Balaban J connectivity index is 2.61. The van der Waals surface area contributed by atoms with Crippen molar-refractivity contribution in [2.45, 2.75) is 31.3 Å². The first-order valence-corrected chi connectivity index (χ1v) is 6.33. The fourth-order valence-corrected chi connectivity index (χ4v) is 2.26. The molecule has 0 radical (unpaired) electrons. The number of carbonyl (C=O) groups excluding carboxylic acids is 1. The molecule has 0 aromatic carbocycles. The van der Waals surface area contributed by atoms with Crippen molar-refractivity contribution in [3.63, 3.8) is 0 Å². The summed E-state index contributed by atoms with van der Waals surface area (Å²) in [7, 11) is 3.90. The van der Waals surface area contributed by atoms with Gasteiger partial charge in [-0.1, -0.05) is 0 Å². The van der Waals surface area contributed by atoms with Crippen molar-refractivity contribution in [3.05, 3.63) is 0 Å². The Morgan fingerprint density at radius 3 is 2.79 bits per heavy atom. The highest BCUT2D eigenvalue weighted by molar-refractivity contribution is 5.83. The Kier molecular flexibility index (Phi) is 5.64. The van der Waals surface area contributed by atoms with Gasteiger partial charge in [0.1, 0.15) is 6.04 Å². The monoisotopic (exact) mass is 267 g/mol. The molecule has 0 bridgehead atoms. The van der Waals surface area contributed by atoms with Gasteiger partial charge in [-0.05, 0) is 26.9 Å². The van der Waals surface area contributed by atoms with E-state index in [1.807, 2.05) is 19.0 Å². The van der Waals surface area contributed by atoms with Crippen LogP contribution in [0.5, 0.6) is 0 Å². The average Bonchev–Trinajstić information content (AvgIpc) is 2.75. The van der Waals surface area contributed by atoms with Gasteiger partial charge in [-0.2, -0.15) is 0 Å². The van der Waals surface area contributed by atoms with Crippen LogP contribution in [0.2, 0.25) is 0 Å². The summed E-state index contributed by atoms with van der Waals surface area (Å²) in [5, 5.41) is 11.5. The number of carboxylic acid groups (broad SMARTS) is 1. The van der Waals surface area contributed by atoms with Crippen molar-refractivity contribution in [2.24, 2.45) is 0 Å². The standard InChI is InChI=1S/C13H21N3O3/c1-4-6-11(12(17)18)14-13(19)16-8-5-7-10(16)9-15(2)3/h1,10-11H,5-9H2,2-3H3,(H,14,19)(H,17,18). The summed E-state index contributed by atoms with van der Waals surface area (Å²) in [6.07, 6.45) is 6.98. The molecule has 1 heterocycles. The van der Waals surface area contributed by atoms with Crippen molar-refractivity contribution in [1.29, 1.82) is 0 Å². The van der Waals surface area contributed by atoms with Gasteiger partial charge >= 0.3 is 12.0 Å². The minimum Gasteiger partial charge on any atom is -0.480 e. The maximum atomic E-state index is 12.1. The van der Waals surface area contributed by atoms with Crippen LogP contribution < -0.4 is 5.32 Å². The van der Waals surface area contributed by atoms with Crippen LogP contribution in [0.1, 0.15) is 19.3 Å². The molecule has 6 nitrogen and oxygen atoms in total. The molecule has 0 aromatic rings. The molecule has 1 saturated heterocycles. The minimum absolute atomic E-state index is 0.00669. The molecule has 1 fully saturated rings. The number of hydrogen-bond donors (Lipinski definition) is 2. The van der Waals surface area contributed by atoms with Gasteiger partial charge in [0.15, 0.2) is 0 Å². The number of carbonyl (C=O) groups is 2. The maximum absolute atomic E-state index is 12.1. The fourth-order valence-electron chi connectivity index (χ4n) is 2.26. The third-order valence-corrected chi connectivity index (χ3v) is 3.13. The molecule has 106 valence electrons. The number of nitrogens with one attached hydrogen (secondary N) is 1. The van der Waals surface area contributed by atoms with Crippen LogP contribution in [0.3, 0.4) is 0 Å². The van der Waals surface area contributed by atoms with Crippen LogP contribution in [-0.2, 0) is 4.79 Å². The summed E-state index contributed by atoms with van der Waals surface area (Å²) in [5.74, 6) is 1.16. The van der Waals surface area contributed by atoms with Gasteiger partial charge in [0.2, 0.25) is 0 Å². The number of carboxylic acids is 1. The molecule has 0 aromatic heterocycles. The lowest BCUT2D eigenvalue weighted by Crippen LogP contribution is -2.51. The average molecular weight is 267 g/mol. The van der Waals surface area contributed by atoms with Gasteiger partial charge in [0.25, 0.3) is 0 Å². The Labute approximate surface area is 113 Å². The van der Waals surface area contributed by atoms with Crippen LogP contribution in [0.4, 0.5) is 4.79 Å². The lowest BCUT2D eigenvalue weighted by molar-refractivity contribution is -0.139. The SMILES string of the molecule is C#CCC(NC(=O)N1CCCC1CN(C)C)C(=O)O. The summed E-state index contributed by atoms with van der Waals surface area (Å²) < 4.78 is 0. The highest BCUT2D eigenvalue weighted by Gasteiger charge is 2.31. The highest BCUT2D eigenvalue weighted by Crippen LogP contribution is 2.17. The van der Waals surface area contributed by atoms with Crippen LogP contribution in [-0.4, -0.2) is 66.2 Å². The van der Waals surface area contributed by atoms with E-state index in [1.165, 1.54) is 0 Å². The number of aliphatic carboxylic acids is 1. The number of amides is 2. The van der Waals surface area contributed by atoms with Crippen LogP contribution in [0.15, 0.2) is 0 Å². The van der Waals surface area contributed by atoms with Crippen molar-refractivity contribution in [2.75, 3.05) is 27.2 Å². The molecule has 1 aliphatic rings. The number of urea groups is 1. The second kappa shape index (κ2) is 7.00. The molecule has 2 amide bonds. The topological polar surface area (TPSA) is 72.9 Å². The van der Waals surface area contributed by atoms with E-state index < -0.39 is 12.0 Å². The quantitative estimate of drug-likeness (QED) is 0.698. The largest absolute Gasteiger partial charge is 0.480 e. The second-order valence-corrected chi connectivity index (χ2v) is 5.00. The van der Waals surface area contributed by atoms with Gasteiger partial charge in [-0.3, -0.25) is 0 Å². The van der Waals surface area contributed by atoms with Crippen molar-refractivity contribution in [3.8, 4) is 12.3 Å². The molecule has 0 saturated carbocycles. The molecule has 1 aliphatic heterocycles. The van der Waals surface area contributed by atoms with E-state index in [1.54, 1.807) is 4.90 Å². The third kappa shape index (κ3) is 4.45. The zero-order chi connectivity index (χ0) is 14.4. The number of likely N-dealkylation sites (tertiary alicyclic amines) is 1. The van der Waals surface area contributed by atoms with Gasteiger partial charge in [-0.25, -0.2) is 9.59 Å². The maximum Gasteiger partial charge on any atom is 0.327 e. The normalized spacial score (nSPS) is 20.1. The van der Waals surface area contributed by atoms with Crippen molar-refractivity contribution in [1.82, 2.24) is 15.1 Å². The molecule has 19 heavy (non-hydrogen) atoms. The molecule has 6 heteroatoms. The number of likely N-dealkylation sites (N-methyl/N-ethyl adjacent to an activating group) is 1. The molecular weight excluding hydrogens is 246 g/mol. The summed E-state index contributed by atoms with van der Waals surface area (Å²) in [6, 6.07) is -1.22. The molecule has 2 N–H and O–H groups in total. The Hall–Kier alpha value is -1.74. The number of nitrogens with zero attached hydrogens (tertiary/aromatic N) is 2. The second-order valence-electron chi connectivity index (χ2n) is 5.00. The van der Waals surface area contributed by atoms with E-state index in [0.29, 0.717) is 6.54 Å². The van der Waals surface area contributed by atoms with Gasteiger partial charge in [0.05, 0.1) is 0 Å².